The summed E-state index contributed by atoms with van der Waals surface area (Å²) >= 11 is 1.34. The van der Waals surface area contributed by atoms with Gasteiger partial charge in [-0.1, -0.05) is 13.8 Å². The van der Waals surface area contributed by atoms with E-state index in [1.54, 1.807) is 20.1 Å². The third-order valence-corrected chi connectivity index (χ3v) is 7.67. The van der Waals surface area contributed by atoms with E-state index in [-0.39, 0.29) is 31.6 Å². The minimum atomic E-state index is -1.71. The van der Waals surface area contributed by atoms with Crippen molar-refractivity contribution in [2.24, 2.45) is 23.1 Å². The molecule has 8 amide bonds. The summed E-state index contributed by atoms with van der Waals surface area (Å²) < 4.78 is 0. The van der Waals surface area contributed by atoms with E-state index in [0.717, 1.165) is 0 Å². The van der Waals surface area contributed by atoms with Gasteiger partial charge in [-0.15, -0.1) is 0 Å². The van der Waals surface area contributed by atoms with E-state index in [4.69, 9.17) is 27.4 Å². The van der Waals surface area contributed by atoms with Crippen LogP contribution in [0.25, 0.3) is 0 Å². The number of nitrogens with two attached hydrogens (primary N) is 3. The highest BCUT2D eigenvalue weighted by Crippen LogP contribution is 2.08. The van der Waals surface area contributed by atoms with Crippen molar-refractivity contribution in [1.82, 2.24) is 31.9 Å². The summed E-state index contributed by atoms with van der Waals surface area (Å²) in [5.41, 5.74) is 16.2. The molecule has 0 aromatic rings. The quantitative estimate of drug-likeness (QED) is 0.0414. The SMILES string of the molecule is CSCC[C@H](NC(=O)[C@@H](N)CCC(N)=O)C(=O)N[C@@H](CO)C(=O)N[C@@H](CC(N)=O)C(=O)N[C@@H](CC(C)C)C(=O)N[C@@H](C)C(=O)N[C@@H](CO)C(=O)O. The second-order valence-corrected chi connectivity index (χ2v) is 12.9. The summed E-state index contributed by atoms with van der Waals surface area (Å²) in [6.45, 7) is 2.75. The zero-order valence-corrected chi connectivity index (χ0v) is 29.7. The Morgan fingerprint density at radius 1 is 0.608 bits per heavy atom. The second-order valence-electron chi connectivity index (χ2n) is 11.9. The van der Waals surface area contributed by atoms with Gasteiger partial charge in [0.05, 0.1) is 25.7 Å². The van der Waals surface area contributed by atoms with E-state index in [0.29, 0.717) is 5.75 Å². The molecule has 0 aliphatic heterocycles. The van der Waals surface area contributed by atoms with Crippen LogP contribution in [0.5, 0.6) is 0 Å². The zero-order chi connectivity index (χ0) is 39.4. The number of amides is 8. The van der Waals surface area contributed by atoms with Crippen LogP contribution in [0.4, 0.5) is 0 Å². The van der Waals surface area contributed by atoms with Gasteiger partial charge in [-0.05, 0) is 44.1 Å². The van der Waals surface area contributed by atoms with Crippen LogP contribution in [0, 0.1) is 5.92 Å². The first kappa shape index (κ1) is 46.5. The van der Waals surface area contributed by atoms with E-state index in [1.165, 1.54) is 18.7 Å². The summed E-state index contributed by atoms with van der Waals surface area (Å²) in [6.07, 6.45) is 0.784. The van der Waals surface area contributed by atoms with Crippen LogP contribution >= 0.6 is 11.8 Å². The first-order valence-corrected chi connectivity index (χ1v) is 17.2. The first-order chi connectivity index (χ1) is 23.8. The molecular weight excluding hydrogens is 698 g/mol. The predicted molar refractivity (Wildman–Crippen MR) is 182 cm³/mol. The monoisotopic (exact) mass is 749 g/mol. The Balaban J connectivity index is 5.86. The largest absolute Gasteiger partial charge is 0.480 e. The minimum Gasteiger partial charge on any atom is -0.480 e. The van der Waals surface area contributed by atoms with Gasteiger partial charge in [0.1, 0.15) is 36.3 Å². The average Bonchev–Trinajstić information content (AvgIpc) is 3.04. The zero-order valence-electron chi connectivity index (χ0n) is 28.9. The van der Waals surface area contributed by atoms with E-state index in [9.17, 15) is 48.3 Å². The molecule has 0 fully saturated rings. The Morgan fingerprint density at radius 2 is 1.08 bits per heavy atom. The molecule has 0 bridgehead atoms. The smallest absolute Gasteiger partial charge is 0.328 e. The number of carboxylic acid groups (broad SMARTS) is 1. The number of aliphatic hydroxyl groups is 2. The molecule has 7 atom stereocenters. The molecule has 0 unspecified atom stereocenters. The lowest BCUT2D eigenvalue weighted by atomic mass is 10.0. The Kier molecular flexibility index (Phi) is 21.7. The van der Waals surface area contributed by atoms with E-state index in [2.05, 4.69) is 26.6 Å². The van der Waals surface area contributed by atoms with Crippen molar-refractivity contribution in [1.29, 1.82) is 0 Å². The molecule has 0 aliphatic carbocycles. The molecule has 0 aromatic carbocycles. The number of primary amides is 2. The van der Waals surface area contributed by atoms with Crippen LogP contribution in [0.3, 0.4) is 0 Å². The molecule has 22 heteroatoms. The first-order valence-electron chi connectivity index (χ1n) is 15.9. The summed E-state index contributed by atoms with van der Waals surface area (Å²) in [6, 6.07) is -10.1. The third kappa shape index (κ3) is 18.3. The number of nitrogens with one attached hydrogen (secondary N) is 6. The molecule has 0 radical (unpaired) electrons. The Morgan fingerprint density at radius 3 is 1.57 bits per heavy atom. The number of thioether (sulfide) groups is 1. The van der Waals surface area contributed by atoms with Gasteiger partial charge in [0.15, 0.2) is 0 Å². The lowest BCUT2D eigenvalue weighted by Gasteiger charge is -2.27. The molecule has 0 spiro atoms. The molecule has 0 saturated carbocycles. The van der Waals surface area contributed by atoms with Crippen molar-refractivity contribution in [3.8, 4) is 0 Å². The summed E-state index contributed by atoms with van der Waals surface area (Å²) in [7, 11) is 0. The van der Waals surface area contributed by atoms with Crippen LogP contribution in [0.1, 0.15) is 52.9 Å². The van der Waals surface area contributed by atoms with Crippen molar-refractivity contribution in [2.75, 3.05) is 25.2 Å². The molecule has 51 heavy (non-hydrogen) atoms. The van der Waals surface area contributed by atoms with Crippen LogP contribution < -0.4 is 49.1 Å². The maximum absolute atomic E-state index is 13.3. The maximum atomic E-state index is 13.3. The molecule has 290 valence electrons. The Hall–Kier alpha value is -4.54. The van der Waals surface area contributed by atoms with Crippen LogP contribution in [-0.2, 0) is 43.2 Å². The molecule has 0 saturated heterocycles. The second kappa shape index (κ2) is 23.8. The van der Waals surface area contributed by atoms with Crippen molar-refractivity contribution >= 4 is 65.0 Å². The van der Waals surface area contributed by atoms with Gasteiger partial charge in [-0.25, -0.2) is 4.79 Å². The molecule has 0 rings (SSSR count). The highest BCUT2D eigenvalue weighted by molar-refractivity contribution is 7.98. The van der Waals surface area contributed by atoms with Crippen LogP contribution in [0.2, 0.25) is 0 Å². The molecule has 0 aromatic heterocycles. The van der Waals surface area contributed by atoms with Crippen LogP contribution in [-0.4, -0.2) is 136 Å². The average molecular weight is 750 g/mol. The molecular formula is C29H51N9O12S. The van der Waals surface area contributed by atoms with Crippen LogP contribution in [0.15, 0.2) is 0 Å². The third-order valence-electron chi connectivity index (χ3n) is 7.03. The number of carbonyl (C=O) groups excluding carboxylic acids is 8. The van der Waals surface area contributed by atoms with Gasteiger partial charge in [0.25, 0.3) is 0 Å². The van der Waals surface area contributed by atoms with Crippen molar-refractivity contribution in [3.63, 3.8) is 0 Å². The van der Waals surface area contributed by atoms with Gasteiger partial charge in [0.2, 0.25) is 47.3 Å². The number of hydrogen-bond donors (Lipinski definition) is 12. The van der Waals surface area contributed by atoms with E-state index in [1.807, 2.05) is 5.32 Å². The number of aliphatic hydroxyl groups excluding tert-OH is 2. The number of rotatable bonds is 25. The molecule has 15 N–H and O–H groups in total. The summed E-state index contributed by atoms with van der Waals surface area (Å²) in [4.78, 5) is 112. The van der Waals surface area contributed by atoms with Gasteiger partial charge in [-0.2, -0.15) is 11.8 Å². The minimum absolute atomic E-state index is 0.00219. The summed E-state index contributed by atoms with van der Waals surface area (Å²) in [5.74, 6) is -8.77. The maximum Gasteiger partial charge on any atom is 0.328 e. The standard InChI is InChI=1S/C29H51N9O12S/c1-13(2)9-17(26(46)33-14(3)23(43)38-20(12-40)29(49)50)35-27(47)18(10-22(32)42)36-28(48)19(11-39)37-25(45)16(7-8-51-4)34-24(44)15(30)5-6-21(31)41/h13-20,39-40H,5-12,30H2,1-4H3,(H2,31,41)(H2,32,42)(H,33,46)(H,34,44)(H,35,47)(H,36,48)(H,37,45)(H,38,43)(H,49,50)/t14-,15-,16-,17-,18-,19-,20-/m0/s1. The van der Waals surface area contributed by atoms with Gasteiger partial charge in [-0.3, -0.25) is 38.4 Å². The highest BCUT2D eigenvalue weighted by Gasteiger charge is 2.33. The number of aliphatic carboxylic acids is 1. The van der Waals surface area contributed by atoms with Crippen molar-refractivity contribution in [2.45, 2.75) is 95.2 Å². The fourth-order valence-corrected chi connectivity index (χ4v) is 4.67. The van der Waals surface area contributed by atoms with Gasteiger partial charge < -0.3 is 64.4 Å². The van der Waals surface area contributed by atoms with Gasteiger partial charge >= 0.3 is 5.97 Å². The van der Waals surface area contributed by atoms with E-state index >= 15 is 0 Å². The number of carbonyl (C=O) groups is 9. The highest BCUT2D eigenvalue weighted by atomic mass is 32.2. The molecule has 0 aliphatic rings. The normalized spacial score (nSPS) is 15.1. The number of hydrogen-bond acceptors (Lipinski definition) is 13. The van der Waals surface area contributed by atoms with Gasteiger partial charge in [0, 0.05) is 6.42 Å². The van der Waals surface area contributed by atoms with Crippen molar-refractivity contribution < 1.29 is 58.5 Å². The predicted octanol–water partition coefficient (Wildman–Crippen LogP) is -5.75. The molecule has 21 nitrogen and oxygen atoms in total. The topological polar surface area (TPSA) is 365 Å². The Bertz CT molecular complexity index is 1260. The fraction of sp³-hybridized carbons (Fsp3) is 0.690. The van der Waals surface area contributed by atoms with E-state index < -0.39 is 115 Å². The molecule has 0 heterocycles. The fourth-order valence-electron chi connectivity index (χ4n) is 4.20. The Labute approximate surface area is 298 Å². The lowest BCUT2D eigenvalue weighted by molar-refractivity contribution is -0.143. The lowest BCUT2D eigenvalue weighted by Crippen LogP contribution is -2.60. The van der Waals surface area contributed by atoms with Crippen molar-refractivity contribution in [3.05, 3.63) is 0 Å². The summed E-state index contributed by atoms with van der Waals surface area (Å²) in [5, 5.41) is 41.8. The number of carboxylic acids is 1.